The van der Waals surface area contributed by atoms with E-state index in [9.17, 15) is 0 Å². The fourth-order valence-electron chi connectivity index (χ4n) is 9.87. The zero-order valence-corrected chi connectivity index (χ0v) is 34.8. The smallest absolute Gasteiger partial charge is 0.0547 e. The molecule has 0 fully saturated rings. The van der Waals surface area contributed by atoms with Gasteiger partial charge < -0.3 is 9.47 Å². The van der Waals surface area contributed by atoms with Gasteiger partial charge in [0.2, 0.25) is 0 Å². The average Bonchev–Trinajstić information content (AvgIpc) is 3.66. The van der Waals surface area contributed by atoms with Crippen molar-refractivity contribution in [3.05, 3.63) is 223 Å². The average molecular weight is 783 g/mol. The van der Waals surface area contributed by atoms with Gasteiger partial charge in [-0.2, -0.15) is 0 Å². The lowest BCUT2D eigenvalue weighted by atomic mass is 9.94. The van der Waals surface area contributed by atoms with E-state index in [2.05, 4.69) is 237 Å². The molecule has 0 amide bonds. The number of anilines is 2. The molecule has 0 aliphatic carbocycles. The number of rotatable bonds is 5. The summed E-state index contributed by atoms with van der Waals surface area (Å²) >= 11 is 0. The molecular weight excluding hydrogens is 737 g/mol. The molecular formula is C59H46N2. The van der Waals surface area contributed by atoms with Gasteiger partial charge in [0.05, 0.1) is 11.0 Å². The topological polar surface area (TPSA) is 8.17 Å². The van der Waals surface area contributed by atoms with E-state index < -0.39 is 0 Å². The Morgan fingerprint density at radius 1 is 0.443 bits per heavy atom. The maximum Gasteiger partial charge on any atom is 0.0547 e. The summed E-state index contributed by atoms with van der Waals surface area (Å²) in [6.07, 6.45) is 9.84. The molecule has 10 aromatic rings. The van der Waals surface area contributed by atoms with E-state index in [0.29, 0.717) is 0 Å². The maximum atomic E-state index is 2.52. The number of aromatic nitrogens is 1. The first-order chi connectivity index (χ1) is 30.0. The van der Waals surface area contributed by atoms with Gasteiger partial charge in [-0.3, -0.25) is 0 Å². The maximum absolute atomic E-state index is 2.52. The Labute approximate surface area is 358 Å². The zero-order valence-electron chi connectivity index (χ0n) is 34.8. The van der Waals surface area contributed by atoms with Crippen LogP contribution in [-0.4, -0.2) is 10.6 Å². The summed E-state index contributed by atoms with van der Waals surface area (Å²) in [5.74, 6) is 0. The second-order valence-electron chi connectivity index (χ2n) is 16.6. The summed E-state index contributed by atoms with van der Waals surface area (Å²) in [6.45, 7) is 6.82. The first kappa shape index (κ1) is 36.6. The van der Waals surface area contributed by atoms with Gasteiger partial charge in [-0.1, -0.05) is 164 Å². The Bertz CT molecular complexity index is 3380. The molecule has 0 bridgehead atoms. The van der Waals surface area contributed by atoms with E-state index in [1.54, 1.807) is 0 Å². The number of fused-ring (bicyclic) bond motifs is 6. The van der Waals surface area contributed by atoms with Crippen LogP contribution in [0.4, 0.5) is 11.4 Å². The molecule has 1 aliphatic heterocycles. The minimum absolute atomic E-state index is 0.142. The minimum Gasteiger partial charge on any atom is -0.335 e. The van der Waals surface area contributed by atoms with Gasteiger partial charge in [0.1, 0.15) is 0 Å². The van der Waals surface area contributed by atoms with Gasteiger partial charge in [-0.15, -0.1) is 0 Å². The Kier molecular flexibility index (Phi) is 9.01. The molecule has 0 saturated carbocycles. The Hall–Kier alpha value is -7.42. The monoisotopic (exact) mass is 782 g/mol. The third-order valence-electron chi connectivity index (χ3n) is 12.8. The lowest BCUT2D eigenvalue weighted by molar-refractivity contribution is 0.859. The predicted octanol–water partition coefficient (Wildman–Crippen LogP) is 15.9. The van der Waals surface area contributed by atoms with Crippen LogP contribution >= 0.6 is 0 Å². The second-order valence-corrected chi connectivity index (χ2v) is 16.6. The molecule has 0 radical (unpaired) electrons. The fourth-order valence-corrected chi connectivity index (χ4v) is 9.87. The summed E-state index contributed by atoms with van der Waals surface area (Å²) in [5, 5.41) is 7.59. The first-order valence-corrected chi connectivity index (χ1v) is 21.5. The van der Waals surface area contributed by atoms with Gasteiger partial charge in [0.15, 0.2) is 0 Å². The van der Waals surface area contributed by atoms with Crippen molar-refractivity contribution in [2.24, 2.45) is 0 Å². The van der Waals surface area contributed by atoms with E-state index in [-0.39, 0.29) is 6.04 Å². The number of benzene rings is 9. The molecule has 2 heterocycles. The van der Waals surface area contributed by atoms with E-state index in [1.165, 1.54) is 110 Å². The second kappa shape index (κ2) is 15.0. The van der Waals surface area contributed by atoms with Crippen molar-refractivity contribution in [1.29, 1.82) is 0 Å². The number of nitrogens with zero attached hydrogens (tertiary/aromatic N) is 2. The van der Waals surface area contributed by atoms with Crippen LogP contribution in [0.2, 0.25) is 0 Å². The summed E-state index contributed by atoms with van der Waals surface area (Å²) in [7, 11) is 0. The summed E-state index contributed by atoms with van der Waals surface area (Å²) in [4.78, 5) is 2.52. The zero-order chi connectivity index (χ0) is 41.0. The summed E-state index contributed by atoms with van der Waals surface area (Å²) in [6, 6.07) is 67.6. The largest absolute Gasteiger partial charge is 0.335 e. The van der Waals surface area contributed by atoms with Crippen LogP contribution in [-0.2, 0) is 6.42 Å². The quantitative estimate of drug-likeness (QED) is 0.169. The van der Waals surface area contributed by atoms with Crippen molar-refractivity contribution >= 4 is 54.7 Å². The molecule has 9 aromatic carbocycles. The molecule has 61 heavy (non-hydrogen) atoms. The highest BCUT2D eigenvalue weighted by Crippen LogP contribution is 2.41. The normalized spacial score (nSPS) is 15.1. The van der Waals surface area contributed by atoms with Gasteiger partial charge in [-0.05, 0) is 141 Å². The van der Waals surface area contributed by atoms with E-state index in [1.807, 2.05) is 0 Å². The lowest BCUT2D eigenvalue weighted by Gasteiger charge is -2.32. The predicted molar refractivity (Wildman–Crippen MR) is 262 cm³/mol. The Morgan fingerprint density at radius 3 is 1.72 bits per heavy atom. The van der Waals surface area contributed by atoms with Crippen LogP contribution in [0.25, 0.3) is 82.4 Å². The highest BCUT2D eigenvalue weighted by Gasteiger charge is 2.22. The third kappa shape index (κ3) is 6.35. The highest BCUT2D eigenvalue weighted by molar-refractivity contribution is 6.11. The van der Waals surface area contributed by atoms with Gasteiger partial charge in [-0.25, -0.2) is 0 Å². The fraction of sp³-hybridized carbons (Fsp3) is 0.0847. The molecule has 11 rings (SSSR count). The standard InChI is InChI=1S/C59H46N2/c1-39-35-47(60-41(3)15-5-4-6-18-44-27-28-45(37-58(44)60)53-24-13-19-42-16-7-9-21-51(42)53)30-33-49(39)50-34-31-48(36-40(50)2)61-57-26-12-11-23-55(57)56-32-29-46(38-59(56)61)54-25-14-20-43-17-8-10-22-52(43)54/h4-17,19-38,41H,18H2,1-3H3/b6-4-,15-5-. The molecule has 1 atom stereocenters. The van der Waals surface area contributed by atoms with Crippen LogP contribution in [0.15, 0.2) is 206 Å². The molecule has 1 unspecified atom stereocenters. The van der Waals surface area contributed by atoms with Crippen LogP contribution in [0.5, 0.6) is 0 Å². The van der Waals surface area contributed by atoms with E-state index >= 15 is 0 Å². The number of hydrogen-bond acceptors (Lipinski definition) is 1. The summed E-state index contributed by atoms with van der Waals surface area (Å²) in [5.41, 5.74) is 17.3. The number of aryl methyl sites for hydroxylation is 2. The molecule has 2 nitrogen and oxygen atoms in total. The third-order valence-corrected chi connectivity index (χ3v) is 12.8. The van der Waals surface area contributed by atoms with Crippen LogP contribution in [0.1, 0.15) is 23.6 Å². The first-order valence-electron chi connectivity index (χ1n) is 21.5. The van der Waals surface area contributed by atoms with E-state index in [0.717, 1.165) is 6.42 Å². The number of para-hydroxylation sites is 1. The van der Waals surface area contributed by atoms with Crippen molar-refractivity contribution in [2.75, 3.05) is 4.90 Å². The van der Waals surface area contributed by atoms with Gasteiger partial charge in [0.25, 0.3) is 0 Å². The molecule has 1 aliphatic rings. The Morgan fingerprint density at radius 2 is 1.02 bits per heavy atom. The molecule has 0 spiro atoms. The van der Waals surface area contributed by atoms with Crippen molar-refractivity contribution in [1.82, 2.24) is 4.57 Å². The minimum atomic E-state index is 0.142. The van der Waals surface area contributed by atoms with Crippen LogP contribution in [0, 0.1) is 13.8 Å². The number of allylic oxidation sites excluding steroid dienone is 3. The Balaban J connectivity index is 0.989. The molecule has 292 valence electrons. The van der Waals surface area contributed by atoms with E-state index in [4.69, 9.17) is 0 Å². The lowest BCUT2D eigenvalue weighted by Crippen LogP contribution is -2.27. The van der Waals surface area contributed by atoms with Crippen molar-refractivity contribution in [2.45, 2.75) is 33.2 Å². The molecule has 1 aromatic heterocycles. The highest BCUT2D eigenvalue weighted by atomic mass is 15.2. The van der Waals surface area contributed by atoms with Crippen LogP contribution < -0.4 is 4.90 Å². The van der Waals surface area contributed by atoms with Gasteiger partial charge in [0, 0.05) is 33.9 Å². The van der Waals surface area contributed by atoms with Crippen molar-refractivity contribution in [3.8, 4) is 39.1 Å². The van der Waals surface area contributed by atoms with Gasteiger partial charge >= 0.3 is 0 Å². The molecule has 0 saturated heterocycles. The SMILES string of the molecule is Cc1cc(N2c3cc(-c4cccc5ccccc45)ccc3C/C=C\C=C/C2C)ccc1-c1ccc(-n2c3ccccc3c3ccc(-c4cccc5ccccc45)cc32)cc1C. The van der Waals surface area contributed by atoms with Crippen molar-refractivity contribution in [3.63, 3.8) is 0 Å². The van der Waals surface area contributed by atoms with Crippen LogP contribution in [0.3, 0.4) is 0 Å². The number of hydrogen-bond donors (Lipinski definition) is 0. The molecule has 2 heteroatoms. The van der Waals surface area contributed by atoms with Crippen molar-refractivity contribution < 1.29 is 0 Å². The molecule has 0 N–H and O–H groups in total. The summed E-state index contributed by atoms with van der Waals surface area (Å²) < 4.78 is 2.45.